The lowest BCUT2D eigenvalue weighted by Crippen LogP contribution is -2.26. The minimum absolute atomic E-state index is 0.383. The highest BCUT2D eigenvalue weighted by Gasteiger charge is 2.32. The smallest absolute Gasteiger partial charge is 0.134 e. The van der Waals surface area contributed by atoms with E-state index in [2.05, 4.69) is 41.0 Å². The molecule has 4 heteroatoms. The predicted molar refractivity (Wildman–Crippen MR) is 71.4 cm³/mol. The molecule has 0 aromatic carbocycles. The molecule has 0 radical (unpaired) electrons. The Bertz CT molecular complexity index is 383. The normalized spacial score (nSPS) is 20.7. The van der Waals surface area contributed by atoms with Gasteiger partial charge in [0.25, 0.3) is 0 Å². The van der Waals surface area contributed by atoms with Crippen molar-refractivity contribution in [3.05, 3.63) is 12.4 Å². The molecule has 1 aromatic rings. The van der Waals surface area contributed by atoms with Gasteiger partial charge in [-0.15, -0.1) is 0 Å². The molecule has 2 rings (SSSR count). The molecule has 1 atom stereocenters. The predicted octanol–water partition coefficient (Wildman–Crippen LogP) is 2.39. The van der Waals surface area contributed by atoms with Gasteiger partial charge < -0.3 is 10.2 Å². The summed E-state index contributed by atoms with van der Waals surface area (Å²) in [5.41, 5.74) is 0.383. The molecule has 1 saturated heterocycles. The van der Waals surface area contributed by atoms with Crippen molar-refractivity contribution in [1.29, 1.82) is 0 Å². The zero-order valence-electron chi connectivity index (χ0n) is 11.2. The first kappa shape index (κ1) is 12.1. The van der Waals surface area contributed by atoms with Gasteiger partial charge in [0.05, 0.1) is 0 Å². The SMILES string of the molecule is CNc1cc(N2CCC(C(C)(C)C)C2)ncn1. The van der Waals surface area contributed by atoms with Gasteiger partial charge in [-0.3, -0.25) is 0 Å². The zero-order chi connectivity index (χ0) is 12.5. The molecule has 1 aliphatic heterocycles. The van der Waals surface area contributed by atoms with Crippen LogP contribution < -0.4 is 10.2 Å². The van der Waals surface area contributed by atoms with Crippen molar-refractivity contribution in [2.45, 2.75) is 27.2 Å². The highest BCUT2D eigenvalue weighted by molar-refractivity contribution is 5.48. The van der Waals surface area contributed by atoms with E-state index in [4.69, 9.17) is 0 Å². The highest BCUT2D eigenvalue weighted by atomic mass is 15.2. The second-order valence-corrected chi connectivity index (χ2v) is 5.81. The molecule has 0 saturated carbocycles. The van der Waals surface area contributed by atoms with Gasteiger partial charge in [0.2, 0.25) is 0 Å². The second kappa shape index (κ2) is 4.51. The summed E-state index contributed by atoms with van der Waals surface area (Å²) >= 11 is 0. The quantitative estimate of drug-likeness (QED) is 0.853. The topological polar surface area (TPSA) is 41.0 Å². The Labute approximate surface area is 103 Å². The Morgan fingerprint density at radius 3 is 2.71 bits per heavy atom. The Morgan fingerprint density at radius 1 is 1.35 bits per heavy atom. The van der Waals surface area contributed by atoms with E-state index in [-0.39, 0.29) is 0 Å². The van der Waals surface area contributed by atoms with E-state index in [1.54, 1.807) is 6.33 Å². The van der Waals surface area contributed by atoms with Crippen molar-refractivity contribution >= 4 is 11.6 Å². The van der Waals surface area contributed by atoms with Gasteiger partial charge in [-0.2, -0.15) is 0 Å². The van der Waals surface area contributed by atoms with Crippen molar-refractivity contribution in [2.24, 2.45) is 11.3 Å². The van der Waals surface area contributed by atoms with Crippen LogP contribution in [0.3, 0.4) is 0 Å². The molecule has 0 bridgehead atoms. The van der Waals surface area contributed by atoms with E-state index >= 15 is 0 Å². The molecule has 1 aromatic heterocycles. The Kier molecular flexibility index (Phi) is 3.22. The highest BCUT2D eigenvalue weighted by Crippen LogP contribution is 2.35. The zero-order valence-corrected chi connectivity index (χ0v) is 11.2. The molecule has 2 heterocycles. The summed E-state index contributed by atoms with van der Waals surface area (Å²) in [6, 6.07) is 2.02. The first-order valence-electron chi connectivity index (χ1n) is 6.25. The summed E-state index contributed by atoms with van der Waals surface area (Å²) in [4.78, 5) is 10.9. The van der Waals surface area contributed by atoms with Gasteiger partial charge in [-0.25, -0.2) is 9.97 Å². The van der Waals surface area contributed by atoms with Crippen LogP contribution >= 0.6 is 0 Å². The standard InChI is InChI=1S/C13H22N4/c1-13(2,3)10-5-6-17(8-10)12-7-11(14-4)15-9-16-12/h7,9-10H,5-6,8H2,1-4H3,(H,14,15,16). The molecule has 0 amide bonds. The van der Waals surface area contributed by atoms with Crippen LogP contribution in [0.4, 0.5) is 11.6 Å². The van der Waals surface area contributed by atoms with Crippen molar-refractivity contribution in [2.75, 3.05) is 30.4 Å². The lowest BCUT2D eigenvalue weighted by Gasteiger charge is -2.27. The van der Waals surface area contributed by atoms with Gasteiger partial charge in [0, 0.05) is 26.2 Å². The monoisotopic (exact) mass is 234 g/mol. The summed E-state index contributed by atoms with van der Waals surface area (Å²) < 4.78 is 0. The van der Waals surface area contributed by atoms with Crippen LogP contribution in [0.2, 0.25) is 0 Å². The van der Waals surface area contributed by atoms with Crippen molar-refractivity contribution in [1.82, 2.24) is 9.97 Å². The van der Waals surface area contributed by atoms with Crippen molar-refractivity contribution in [3.8, 4) is 0 Å². The average molecular weight is 234 g/mol. The van der Waals surface area contributed by atoms with Gasteiger partial charge in [-0.1, -0.05) is 20.8 Å². The average Bonchev–Trinajstić information content (AvgIpc) is 2.78. The molecule has 0 aliphatic carbocycles. The molecule has 1 unspecified atom stereocenters. The maximum absolute atomic E-state index is 4.36. The number of nitrogens with one attached hydrogen (secondary N) is 1. The number of hydrogen-bond donors (Lipinski definition) is 1. The van der Waals surface area contributed by atoms with E-state index in [1.165, 1.54) is 6.42 Å². The molecule has 1 aliphatic rings. The molecule has 1 N–H and O–H groups in total. The number of aromatic nitrogens is 2. The van der Waals surface area contributed by atoms with Crippen LogP contribution in [-0.2, 0) is 0 Å². The Morgan fingerprint density at radius 2 is 2.12 bits per heavy atom. The van der Waals surface area contributed by atoms with Crippen LogP contribution in [0.15, 0.2) is 12.4 Å². The molecule has 4 nitrogen and oxygen atoms in total. The molecular weight excluding hydrogens is 212 g/mol. The number of rotatable bonds is 2. The summed E-state index contributed by atoms with van der Waals surface area (Å²) in [6.07, 6.45) is 2.88. The van der Waals surface area contributed by atoms with E-state index < -0.39 is 0 Å². The summed E-state index contributed by atoms with van der Waals surface area (Å²) in [5.74, 6) is 2.67. The third-order valence-corrected chi connectivity index (χ3v) is 3.65. The summed E-state index contributed by atoms with van der Waals surface area (Å²) in [6.45, 7) is 9.16. The van der Waals surface area contributed by atoms with Crippen LogP contribution in [0.1, 0.15) is 27.2 Å². The maximum atomic E-state index is 4.36. The van der Waals surface area contributed by atoms with E-state index in [0.29, 0.717) is 5.41 Å². The van der Waals surface area contributed by atoms with Crippen LogP contribution in [0, 0.1) is 11.3 Å². The molecule has 0 spiro atoms. The van der Waals surface area contributed by atoms with Crippen LogP contribution in [-0.4, -0.2) is 30.1 Å². The molecular formula is C13H22N4. The largest absolute Gasteiger partial charge is 0.373 e. The minimum atomic E-state index is 0.383. The molecule has 94 valence electrons. The number of anilines is 2. The summed E-state index contributed by atoms with van der Waals surface area (Å²) in [5, 5.41) is 3.05. The molecule has 17 heavy (non-hydrogen) atoms. The van der Waals surface area contributed by atoms with Crippen molar-refractivity contribution in [3.63, 3.8) is 0 Å². The van der Waals surface area contributed by atoms with Gasteiger partial charge in [0.15, 0.2) is 0 Å². The van der Waals surface area contributed by atoms with Crippen LogP contribution in [0.5, 0.6) is 0 Å². The van der Waals surface area contributed by atoms with Gasteiger partial charge in [0.1, 0.15) is 18.0 Å². The third-order valence-electron chi connectivity index (χ3n) is 3.65. The minimum Gasteiger partial charge on any atom is -0.373 e. The fourth-order valence-electron chi connectivity index (χ4n) is 2.33. The fourth-order valence-corrected chi connectivity index (χ4v) is 2.33. The van der Waals surface area contributed by atoms with Crippen LogP contribution in [0.25, 0.3) is 0 Å². The number of hydrogen-bond acceptors (Lipinski definition) is 4. The fraction of sp³-hybridized carbons (Fsp3) is 0.692. The lowest BCUT2D eigenvalue weighted by molar-refractivity contribution is 0.263. The van der Waals surface area contributed by atoms with E-state index in [9.17, 15) is 0 Å². The number of nitrogens with zero attached hydrogens (tertiary/aromatic N) is 3. The van der Waals surface area contributed by atoms with E-state index in [0.717, 1.165) is 30.6 Å². The lowest BCUT2D eigenvalue weighted by atomic mass is 9.80. The van der Waals surface area contributed by atoms with Gasteiger partial charge >= 0.3 is 0 Å². The maximum Gasteiger partial charge on any atom is 0.134 e. The third kappa shape index (κ3) is 2.68. The Hall–Kier alpha value is -1.32. The Balaban J connectivity index is 2.09. The van der Waals surface area contributed by atoms with Gasteiger partial charge in [-0.05, 0) is 17.8 Å². The van der Waals surface area contributed by atoms with E-state index in [1.807, 2.05) is 13.1 Å². The first-order chi connectivity index (χ1) is 8.00. The van der Waals surface area contributed by atoms with Crippen molar-refractivity contribution < 1.29 is 0 Å². The first-order valence-corrected chi connectivity index (χ1v) is 6.25. The molecule has 1 fully saturated rings. The summed E-state index contributed by atoms with van der Waals surface area (Å²) in [7, 11) is 1.88. The second-order valence-electron chi connectivity index (χ2n) is 5.81.